The Labute approximate surface area is 140 Å². The van der Waals surface area contributed by atoms with Crippen LogP contribution in [0.25, 0.3) is 11.0 Å². The van der Waals surface area contributed by atoms with Crippen LogP contribution in [-0.2, 0) is 0 Å². The molecule has 128 valence electrons. The number of nitrogens with two attached hydrogens (primary N) is 1. The first-order chi connectivity index (χ1) is 12.0. The first kappa shape index (κ1) is 15.4. The molecule has 7 nitrogen and oxygen atoms in total. The highest BCUT2D eigenvalue weighted by molar-refractivity contribution is 5.98. The molecule has 0 saturated carbocycles. The van der Waals surface area contributed by atoms with Crippen molar-refractivity contribution in [1.82, 2.24) is 20.2 Å². The Morgan fingerprint density at radius 2 is 2.12 bits per heavy atom. The van der Waals surface area contributed by atoms with Crippen LogP contribution in [0.5, 0.6) is 0 Å². The number of aromatic nitrogens is 4. The maximum Gasteiger partial charge on any atom is 0.250 e. The topological polar surface area (TPSA) is 101 Å². The van der Waals surface area contributed by atoms with E-state index < -0.39 is 23.7 Å². The third-order valence-corrected chi connectivity index (χ3v) is 4.40. The van der Waals surface area contributed by atoms with Crippen LogP contribution < -0.4 is 10.6 Å². The lowest BCUT2D eigenvalue weighted by Gasteiger charge is -2.25. The van der Waals surface area contributed by atoms with Gasteiger partial charge in [-0.3, -0.25) is 9.89 Å². The van der Waals surface area contributed by atoms with Crippen LogP contribution in [0.2, 0.25) is 0 Å². The molecule has 9 heteroatoms. The number of aromatic amines is 1. The number of carbonyl (C=O) groups is 1. The van der Waals surface area contributed by atoms with E-state index in [9.17, 15) is 13.6 Å². The summed E-state index contributed by atoms with van der Waals surface area (Å²) in [4.78, 5) is 20.9. The van der Waals surface area contributed by atoms with Gasteiger partial charge in [0.25, 0.3) is 0 Å². The Hall–Kier alpha value is -3.10. The monoisotopic (exact) mass is 344 g/mol. The summed E-state index contributed by atoms with van der Waals surface area (Å²) in [7, 11) is 0. The minimum Gasteiger partial charge on any atom is -0.366 e. The van der Waals surface area contributed by atoms with E-state index in [0.29, 0.717) is 29.8 Å². The second-order valence-electron chi connectivity index (χ2n) is 5.92. The van der Waals surface area contributed by atoms with E-state index in [4.69, 9.17) is 5.73 Å². The maximum absolute atomic E-state index is 14.1. The average Bonchev–Trinajstić information content (AvgIpc) is 3.22. The number of carbonyl (C=O) groups excluding carboxylic acids is 1. The van der Waals surface area contributed by atoms with Crippen molar-refractivity contribution in [1.29, 1.82) is 0 Å². The van der Waals surface area contributed by atoms with Gasteiger partial charge >= 0.3 is 0 Å². The predicted molar refractivity (Wildman–Crippen MR) is 85.9 cm³/mol. The molecule has 1 atom stereocenters. The molecule has 1 aliphatic rings. The molecule has 1 amide bonds. The molecule has 4 rings (SSSR count). The summed E-state index contributed by atoms with van der Waals surface area (Å²) in [6.45, 7) is 0.612. The molecule has 25 heavy (non-hydrogen) atoms. The highest BCUT2D eigenvalue weighted by Crippen LogP contribution is 2.38. The number of pyridine rings is 2. The Morgan fingerprint density at radius 1 is 1.28 bits per heavy atom. The molecule has 0 aliphatic carbocycles. The van der Waals surface area contributed by atoms with Crippen LogP contribution in [0.15, 0.2) is 24.5 Å². The minimum absolute atomic E-state index is 0.188. The second kappa shape index (κ2) is 5.76. The summed E-state index contributed by atoms with van der Waals surface area (Å²) >= 11 is 0. The smallest absolute Gasteiger partial charge is 0.250 e. The van der Waals surface area contributed by atoms with Gasteiger partial charge in [0.05, 0.1) is 23.2 Å². The molecule has 4 heterocycles. The van der Waals surface area contributed by atoms with Crippen molar-refractivity contribution in [3.63, 3.8) is 0 Å². The van der Waals surface area contributed by atoms with Gasteiger partial charge in [-0.25, -0.2) is 14.4 Å². The van der Waals surface area contributed by atoms with Crippen LogP contribution in [0.1, 0.15) is 34.8 Å². The summed E-state index contributed by atoms with van der Waals surface area (Å²) in [5, 5.41) is 7.65. The molecule has 0 bridgehead atoms. The van der Waals surface area contributed by atoms with Crippen molar-refractivity contribution in [3.05, 3.63) is 47.4 Å². The van der Waals surface area contributed by atoms with Gasteiger partial charge in [-0.2, -0.15) is 9.49 Å². The van der Waals surface area contributed by atoms with E-state index in [1.807, 2.05) is 4.90 Å². The summed E-state index contributed by atoms with van der Waals surface area (Å²) in [6, 6.07) is 2.36. The highest BCUT2D eigenvalue weighted by atomic mass is 19.1. The summed E-state index contributed by atoms with van der Waals surface area (Å²) in [5.74, 6) is -1.36. The van der Waals surface area contributed by atoms with Crippen molar-refractivity contribution in [2.45, 2.75) is 18.9 Å². The number of rotatable bonds is 3. The van der Waals surface area contributed by atoms with Crippen LogP contribution in [0.3, 0.4) is 0 Å². The number of nitrogens with one attached hydrogen (secondary N) is 1. The van der Waals surface area contributed by atoms with Crippen LogP contribution in [0.4, 0.5) is 14.6 Å². The Balaban J connectivity index is 1.80. The maximum atomic E-state index is 14.1. The number of nitrogens with zero attached hydrogens (tertiary/aromatic N) is 4. The van der Waals surface area contributed by atoms with E-state index in [1.165, 1.54) is 6.20 Å². The van der Waals surface area contributed by atoms with E-state index in [1.54, 1.807) is 6.07 Å². The summed E-state index contributed by atoms with van der Waals surface area (Å²) in [5.41, 5.74) is 6.24. The fourth-order valence-corrected chi connectivity index (χ4v) is 3.26. The van der Waals surface area contributed by atoms with Gasteiger partial charge in [-0.05, 0) is 25.0 Å². The summed E-state index contributed by atoms with van der Waals surface area (Å²) in [6.07, 6.45) is 3.65. The van der Waals surface area contributed by atoms with Crippen molar-refractivity contribution < 1.29 is 13.6 Å². The number of hydrogen-bond donors (Lipinski definition) is 2. The standard InChI is InChI=1S/C16H14F2N6O/c17-9-5-10(13(18)20-7-9)12-2-1-3-24(12)16-11-4-8(14(19)25)6-21-15(11)22-23-16/h4-7,12H,1-3H2,(H2,19,25)(H,21,22,23)/t12-/m1/s1. The fraction of sp³-hybridized carbons (Fsp3) is 0.250. The molecule has 3 aromatic rings. The first-order valence-electron chi connectivity index (χ1n) is 7.76. The number of amides is 1. The fourth-order valence-electron chi connectivity index (χ4n) is 3.26. The lowest BCUT2D eigenvalue weighted by Crippen LogP contribution is -2.24. The van der Waals surface area contributed by atoms with E-state index in [-0.39, 0.29) is 11.1 Å². The quantitative estimate of drug-likeness (QED) is 0.709. The SMILES string of the molecule is NC(=O)c1cnc2[nH]nc(N3CCC[C@@H]3c3cc(F)cnc3F)c2c1. The van der Waals surface area contributed by atoms with Crippen LogP contribution in [-0.4, -0.2) is 32.6 Å². The number of H-pyrrole nitrogens is 1. The van der Waals surface area contributed by atoms with Gasteiger partial charge in [0.1, 0.15) is 5.82 Å². The molecular formula is C16H14F2N6O. The number of primary amides is 1. The normalized spacial score (nSPS) is 17.4. The van der Waals surface area contributed by atoms with Crippen molar-refractivity contribution in [2.75, 3.05) is 11.4 Å². The molecule has 1 aliphatic heterocycles. The Bertz CT molecular complexity index is 972. The van der Waals surface area contributed by atoms with Gasteiger partial charge < -0.3 is 10.6 Å². The Morgan fingerprint density at radius 3 is 2.92 bits per heavy atom. The zero-order valence-electron chi connectivity index (χ0n) is 13.0. The first-order valence-corrected chi connectivity index (χ1v) is 7.76. The van der Waals surface area contributed by atoms with Crippen molar-refractivity contribution in [3.8, 4) is 0 Å². The number of hydrogen-bond acceptors (Lipinski definition) is 5. The number of anilines is 1. The van der Waals surface area contributed by atoms with Crippen LogP contribution in [0, 0.1) is 11.8 Å². The molecule has 1 saturated heterocycles. The van der Waals surface area contributed by atoms with E-state index in [2.05, 4.69) is 20.2 Å². The van der Waals surface area contributed by atoms with Gasteiger partial charge in [0.2, 0.25) is 11.9 Å². The predicted octanol–water partition coefficient (Wildman–Crippen LogP) is 2.07. The third kappa shape index (κ3) is 2.57. The number of halogens is 2. The molecule has 0 radical (unpaired) electrons. The number of fused-ring (bicyclic) bond motifs is 1. The largest absolute Gasteiger partial charge is 0.366 e. The molecule has 0 unspecified atom stereocenters. The van der Waals surface area contributed by atoms with Gasteiger partial charge in [-0.1, -0.05) is 0 Å². The molecule has 3 N–H and O–H groups in total. The van der Waals surface area contributed by atoms with Gasteiger partial charge in [-0.15, -0.1) is 0 Å². The Kier molecular flexibility index (Phi) is 3.56. The zero-order valence-corrected chi connectivity index (χ0v) is 13.0. The van der Waals surface area contributed by atoms with Gasteiger partial charge in [0.15, 0.2) is 11.5 Å². The minimum atomic E-state index is -0.700. The molecule has 3 aromatic heterocycles. The second-order valence-corrected chi connectivity index (χ2v) is 5.92. The summed E-state index contributed by atoms with van der Waals surface area (Å²) < 4.78 is 27.6. The lowest BCUT2D eigenvalue weighted by molar-refractivity contribution is 0.1000. The molecule has 0 spiro atoms. The van der Waals surface area contributed by atoms with Crippen LogP contribution >= 0.6 is 0 Å². The molecular weight excluding hydrogens is 330 g/mol. The van der Waals surface area contributed by atoms with Gasteiger partial charge in [0, 0.05) is 18.3 Å². The average molecular weight is 344 g/mol. The van der Waals surface area contributed by atoms with Crippen molar-refractivity contribution >= 4 is 22.8 Å². The third-order valence-electron chi connectivity index (χ3n) is 4.40. The van der Waals surface area contributed by atoms with Crippen molar-refractivity contribution in [2.24, 2.45) is 5.73 Å². The molecule has 1 fully saturated rings. The van der Waals surface area contributed by atoms with E-state index >= 15 is 0 Å². The molecule has 0 aromatic carbocycles. The zero-order chi connectivity index (χ0) is 17.6. The van der Waals surface area contributed by atoms with E-state index in [0.717, 1.165) is 18.7 Å². The lowest BCUT2D eigenvalue weighted by atomic mass is 10.1. The highest BCUT2D eigenvalue weighted by Gasteiger charge is 2.32.